The second kappa shape index (κ2) is 6.74. The summed E-state index contributed by atoms with van der Waals surface area (Å²) in [5.74, 6) is 0.476. The fourth-order valence-corrected chi connectivity index (χ4v) is 2.17. The highest BCUT2D eigenvalue weighted by molar-refractivity contribution is 6.32. The molecule has 0 aliphatic heterocycles. The van der Waals surface area contributed by atoms with Gasteiger partial charge in [-0.3, -0.25) is 0 Å². The maximum Gasteiger partial charge on any atom is 0.387 e. The minimum absolute atomic E-state index is 0.0128. The van der Waals surface area contributed by atoms with Crippen LogP contribution in [0.15, 0.2) is 42.5 Å². The maximum atomic E-state index is 12.2. The minimum atomic E-state index is -2.91. The van der Waals surface area contributed by atoms with E-state index in [9.17, 15) is 13.9 Å². The number of methoxy groups -OCH3 is 1. The van der Waals surface area contributed by atoms with Crippen molar-refractivity contribution >= 4 is 11.6 Å². The summed E-state index contributed by atoms with van der Waals surface area (Å²) in [6, 6.07) is 10.7. The third-order valence-electron chi connectivity index (χ3n) is 2.89. The maximum absolute atomic E-state index is 12.2. The fourth-order valence-electron chi connectivity index (χ4n) is 1.91. The smallest absolute Gasteiger partial charge is 0.387 e. The molecular formula is C15H13ClF2O3. The van der Waals surface area contributed by atoms with Crippen LogP contribution < -0.4 is 9.47 Å². The largest absolute Gasteiger partial charge is 0.495 e. The monoisotopic (exact) mass is 314 g/mol. The number of benzene rings is 2. The molecule has 0 heterocycles. The first-order valence-corrected chi connectivity index (χ1v) is 6.45. The Morgan fingerprint density at radius 3 is 2.43 bits per heavy atom. The average Bonchev–Trinajstić information content (AvgIpc) is 2.46. The van der Waals surface area contributed by atoms with Crippen LogP contribution in [-0.2, 0) is 0 Å². The van der Waals surface area contributed by atoms with E-state index in [4.69, 9.17) is 16.3 Å². The molecule has 21 heavy (non-hydrogen) atoms. The van der Waals surface area contributed by atoms with Crippen LogP contribution in [0.3, 0.4) is 0 Å². The van der Waals surface area contributed by atoms with E-state index in [1.165, 1.54) is 25.3 Å². The molecule has 0 radical (unpaired) electrons. The van der Waals surface area contributed by atoms with Crippen molar-refractivity contribution in [3.63, 3.8) is 0 Å². The van der Waals surface area contributed by atoms with Crippen LogP contribution in [0.25, 0.3) is 0 Å². The molecule has 0 aliphatic rings. The number of rotatable bonds is 5. The van der Waals surface area contributed by atoms with Crippen LogP contribution in [0.4, 0.5) is 8.78 Å². The van der Waals surface area contributed by atoms with Gasteiger partial charge in [0.25, 0.3) is 0 Å². The summed E-state index contributed by atoms with van der Waals surface area (Å²) in [7, 11) is 1.49. The number of halogens is 3. The summed E-state index contributed by atoms with van der Waals surface area (Å²) >= 11 is 6.00. The molecule has 0 aromatic heterocycles. The molecule has 1 N–H and O–H groups in total. The van der Waals surface area contributed by atoms with Gasteiger partial charge in [-0.15, -0.1) is 0 Å². The topological polar surface area (TPSA) is 38.7 Å². The molecule has 2 rings (SSSR count). The number of hydrogen-bond donors (Lipinski definition) is 1. The van der Waals surface area contributed by atoms with E-state index < -0.39 is 12.7 Å². The Kier molecular flexibility index (Phi) is 4.98. The van der Waals surface area contributed by atoms with Crippen LogP contribution >= 0.6 is 11.6 Å². The Labute approximate surface area is 125 Å². The highest BCUT2D eigenvalue weighted by atomic mass is 35.5. The average molecular weight is 315 g/mol. The lowest BCUT2D eigenvalue weighted by Gasteiger charge is -2.14. The molecule has 112 valence electrons. The molecule has 0 aliphatic carbocycles. The standard InChI is InChI=1S/C15H13ClF2O3/c1-20-13-6-5-10(8-12(13)16)14(19)9-3-2-4-11(7-9)21-15(17)18/h2-8,14-15,19H,1H3. The van der Waals surface area contributed by atoms with Gasteiger partial charge < -0.3 is 14.6 Å². The first-order chi connectivity index (χ1) is 10.0. The lowest BCUT2D eigenvalue weighted by Crippen LogP contribution is -2.04. The summed E-state index contributed by atoms with van der Waals surface area (Å²) in [4.78, 5) is 0. The van der Waals surface area contributed by atoms with Gasteiger partial charge in [-0.2, -0.15) is 8.78 Å². The third-order valence-corrected chi connectivity index (χ3v) is 3.19. The SMILES string of the molecule is COc1ccc(C(O)c2cccc(OC(F)F)c2)cc1Cl. The number of alkyl halides is 2. The second-order valence-electron chi connectivity index (χ2n) is 4.25. The first kappa shape index (κ1) is 15.5. The number of hydrogen-bond acceptors (Lipinski definition) is 3. The minimum Gasteiger partial charge on any atom is -0.495 e. The highest BCUT2D eigenvalue weighted by Crippen LogP contribution is 2.31. The van der Waals surface area contributed by atoms with Crippen molar-refractivity contribution in [2.24, 2.45) is 0 Å². The zero-order valence-electron chi connectivity index (χ0n) is 11.1. The molecule has 3 nitrogen and oxygen atoms in total. The van der Waals surface area contributed by atoms with Crippen molar-refractivity contribution in [3.05, 3.63) is 58.6 Å². The molecular weight excluding hydrogens is 302 g/mol. The summed E-state index contributed by atoms with van der Waals surface area (Å²) in [6.07, 6.45) is -1.00. The normalized spacial score (nSPS) is 12.3. The predicted octanol–water partition coefficient (Wildman–Crippen LogP) is 4.03. The van der Waals surface area contributed by atoms with Gasteiger partial charge in [0, 0.05) is 0 Å². The summed E-state index contributed by atoms with van der Waals surface area (Å²) < 4.78 is 33.7. The molecule has 1 unspecified atom stereocenters. The zero-order valence-corrected chi connectivity index (χ0v) is 11.8. The van der Waals surface area contributed by atoms with Crippen LogP contribution in [0.5, 0.6) is 11.5 Å². The molecule has 0 fully saturated rings. The lowest BCUT2D eigenvalue weighted by atomic mass is 10.0. The Morgan fingerprint density at radius 2 is 1.81 bits per heavy atom. The van der Waals surface area contributed by atoms with E-state index in [-0.39, 0.29) is 5.75 Å². The van der Waals surface area contributed by atoms with Crippen molar-refractivity contribution in [1.29, 1.82) is 0 Å². The molecule has 0 spiro atoms. The molecule has 0 saturated carbocycles. The van der Waals surface area contributed by atoms with E-state index in [2.05, 4.69) is 4.74 Å². The van der Waals surface area contributed by atoms with Gasteiger partial charge in [0.1, 0.15) is 17.6 Å². The summed E-state index contributed by atoms with van der Waals surface area (Å²) in [6.45, 7) is -2.91. The van der Waals surface area contributed by atoms with Gasteiger partial charge in [0.15, 0.2) is 0 Å². The van der Waals surface area contributed by atoms with Gasteiger partial charge in [-0.25, -0.2) is 0 Å². The van der Waals surface area contributed by atoms with Crippen LogP contribution in [-0.4, -0.2) is 18.8 Å². The predicted molar refractivity (Wildman–Crippen MR) is 75.1 cm³/mol. The van der Waals surface area contributed by atoms with Gasteiger partial charge in [0.05, 0.1) is 12.1 Å². The molecule has 6 heteroatoms. The van der Waals surface area contributed by atoms with Crippen molar-refractivity contribution in [2.45, 2.75) is 12.7 Å². The van der Waals surface area contributed by atoms with Crippen LogP contribution in [0.1, 0.15) is 17.2 Å². The van der Waals surface area contributed by atoms with E-state index in [0.717, 1.165) is 0 Å². The van der Waals surface area contributed by atoms with Crippen molar-refractivity contribution in [1.82, 2.24) is 0 Å². The molecule has 0 bridgehead atoms. The second-order valence-corrected chi connectivity index (χ2v) is 4.65. The third kappa shape index (κ3) is 3.83. The Hall–Kier alpha value is -1.85. The van der Waals surface area contributed by atoms with E-state index >= 15 is 0 Å². The summed E-state index contributed by atoms with van der Waals surface area (Å²) in [5, 5.41) is 10.7. The van der Waals surface area contributed by atoms with Gasteiger partial charge in [-0.05, 0) is 35.4 Å². The Bertz CT molecular complexity index is 620. The van der Waals surface area contributed by atoms with E-state index in [0.29, 0.717) is 21.9 Å². The Balaban J connectivity index is 2.27. The molecule has 2 aromatic carbocycles. The quantitative estimate of drug-likeness (QED) is 0.905. The molecule has 2 aromatic rings. The zero-order chi connectivity index (χ0) is 15.4. The molecule has 1 atom stereocenters. The van der Waals surface area contributed by atoms with E-state index in [1.54, 1.807) is 24.3 Å². The van der Waals surface area contributed by atoms with E-state index in [1.807, 2.05) is 0 Å². The lowest BCUT2D eigenvalue weighted by molar-refractivity contribution is -0.0499. The number of ether oxygens (including phenoxy) is 2. The van der Waals surface area contributed by atoms with Crippen molar-refractivity contribution in [2.75, 3.05) is 7.11 Å². The van der Waals surface area contributed by atoms with Gasteiger partial charge in [0.2, 0.25) is 0 Å². The van der Waals surface area contributed by atoms with Gasteiger partial charge >= 0.3 is 6.61 Å². The van der Waals surface area contributed by atoms with Crippen molar-refractivity contribution in [3.8, 4) is 11.5 Å². The number of aliphatic hydroxyl groups excluding tert-OH is 1. The summed E-state index contributed by atoms with van der Waals surface area (Å²) in [5.41, 5.74) is 0.949. The first-order valence-electron chi connectivity index (χ1n) is 6.07. The highest BCUT2D eigenvalue weighted by Gasteiger charge is 2.14. The molecule has 0 saturated heterocycles. The van der Waals surface area contributed by atoms with Crippen LogP contribution in [0.2, 0.25) is 5.02 Å². The molecule has 0 amide bonds. The van der Waals surface area contributed by atoms with Crippen molar-refractivity contribution < 1.29 is 23.4 Å². The van der Waals surface area contributed by atoms with Crippen LogP contribution in [0, 0.1) is 0 Å². The van der Waals surface area contributed by atoms with Gasteiger partial charge in [-0.1, -0.05) is 29.8 Å². The Morgan fingerprint density at radius 1 is 1.10 bits per heavy atom. The fraction of sp³-hybridized carbons (Fsp3) is 0.200. The number of aliphatic hydroxyl groups is 1.